The molecule has 1 saturated heterocycles. The van der Waals surface area contributed by atoms with Crippen molar-refractivity contribution in [3.8, 4) is 0 Å². The highest BCUT2D eigenvalue weighted by molar-refractivity contribution is 5.20. The molecule has 0 saturated carbocycles. The lowest BCUT2D eigenvalue weighted by molar-refractivity contribution is 0.236. The summed E-state index contributed by atoms with van der Waals surface area (Å²) in [5.74, 6) is 0. The molecule has 21 heavy (non-hydrogen) atoms. The molecule has 110 valence electrons. The molecule has 2 N–H and O–H groups in total. The summed E-state index contributed by atoms with van der Waals surface area (Å²) in [7, 11) is 0. The van der Waals surface area contributed by atoms with Gasteiger partial charge in [0.15, 0.2) is 0 Å². The fourth-order valence-electron chi connectivity index (χ4n) is 3.25. The number of hydrogen-bond acceptors (Lipinski definition) is 2. The summed E-state index contributed by atoms with van der Waals surface area (Å²) in [6.07, 6.45) is 3.32. The van der Waals surface area contributed by atoms with Crippen LogP contribution in [0.15, 0.2) is 60.7 Å². The van der Waals surface area contributed by atoms with E-state index in [1.165, 1.54) is 11.1 Å². The summed E-state index contributed by atoms with van der Waals surface area (Å²) in [5.41, 5.74) is 8.94. The van der Waals surface area contributed by atoms with Crippen molar-refractivity contribution in [2.75, 3.05) is 13.1 Å². The molecule has 1 heterocycles. The topological polar surface area (TPSA) is 29.3 Å². The molecule has 0 aliphatic carbocycles. The first-order valence-corrected chi connectivity index (χ1v) is 7.89. The second kappa shape index (κ2) is 6.88. The molecular formula is C19H24N2. The van der Waals surface area contributed by atoms with Crippen LogP contribution in [0.1, 0.15) is 17.5 Å². The van der Waals surface area contributed by atoms with Gasteiger partial charge in [0.1, 0.15) is 0 Å². The molecule has 2 nitrogen and oxygen atoms in total. The molecule has 0 aromatic heterocycles. The predicted molar refractivity (Wildman–Crippen MR) is 88.2 cm³/mol. The Balaban J connectivity index is 1.74. The van der Waals surface area contributed by atoms with Gasteiger partial charge in [0.25, 0.3) is 0 Å². The minimum Gasteiger partial charge on any atom is -0.326 e. The molecule has 1 aliphatic rings. The Kier molecular flexibility index (Phi) is 4.69. The van der Waals surface area contributed by atoms with E-state index in [1.807, 2.05) is 0 Å². The molecule has 2 aromatic rings. The van der Waals surface area contributed by atoms with E-state index in [0.717, 1.165) is 32.4 Å². The SMILES string of the molecule is N[C@H]1CCN(C(Cc2ccccc2)Cc2ccccc2)C1. The van der Waals surface area contributed by atoms with E-state index in [-0.39, 0.29) is 0 Å². The van der Waals surface area contributed by atoms with Gasteiger partial charge >= 0.3 is 0 Å². The maximum Gasteiger partial charge on any atom is 0.0180 e. The van der Waals surface area contributed by atoms with E-state index in [1.54, 1.807) is 0 Å². The van der Waals surface area contributed by atoms with Gasteiger partial charge in [0, 0.05) is 25.2 Å². The lowest BCUT2D eigenvalue weighted by Gasteiger charge is -2.28. The molecule has 0 radical (unpaired) electrons. The maximum atomic E-state index is 6.11. The molecule has 2 heteroatoms. The van der Waals surface area contributed by atoms with Crippen molar-refractivity contribution in [2.24, 2.45) is 5.73 Å². The van der Waals surface area contributed by atoms with E-state index in [0.29, 0.717) is 12.1 Å². The molecule has 0 unspecified atom stereocenters. The van der Waals surface area contributed by atoms with Crippen LogP contribution in [0.4, 0.5) is 0 Å². The third-order valence-electron chi connectivity index (χ3n) is 4.40. The molecule has 0 amide bonds. The minimum atomic E-state index is 0.346. The first kappa shape index (κ1) is 14.3. The van der Waals surface area contributed by atoms with Gasteiger partial charge in [-0.2, -0.15) is 0 Å². The summed E-state index contributed by atoms with van der Waals surface area (Å²) >= 11 is 0. The van der Waals surface area contributed by atoms with Crippen molar-refractivity contribution in [1.82, 2.24) is 4.90 Å². The molecule has 1 aliphatic heterocycles. The van der Waals surface area contributed by atoms with E-state index in [4.69, 9.17) is 5.73 Å². The molecular weight excluding hydrogens is 256 g/mol. The van der Waals surface area contributed by atoms with Crippen molar-refractivity contribution in [1.29, 1.82) is 0 Å². The van der Waals surface area contributed by atoms with Crippen molar-refractivity contribution < 1.29 is 0 Å². The number of hydrogen-bond donors (Lipinski definition) is 1. The van der Waals surface area contributed by atoms with Gasteiger partial charge in [-0.1, -0.05) is 60.7 Å². The van der Waals surface area contributed by atoms with Crippen LogP contribution in [0.3, 0.4) is 0 Å². The summed E-state index contributed by atoms with van der Waals surface area (Å²) in [4.78, 5) is 2.57. The fraction of sp³-hybridized carbons (Fsp3) is 0.368. The monoisotopic (exact) mass is 280 g/mol. The molecule has 1 fully saturated rings. The Hall–Kier alpha value is -1.64. The third-order valence-corrected chi connectivity index (χ3v) is 4.40. The quantitative estimate of drug-likeness (QED) is 0.912. The minimum absolute atomic E-state index is 0.346. The van der Waals surface area contributed by atoms with Crippen LogP contribution < -0.4 is 5.73 Å². The average molecular weight is 280 g/mol. The van der Waals surface area contributed by atoms with E-state index in [9.17, 15) is 0 Å². The van der Waals surface area contributed by atoms with Gasteiger partial charge < -0.3 is 5.73 Å². The molecule has 3 rings (SSSR count). The number of likely N-dealkylation sites (tertiary alicyclic amines) is 1. The van der Waals surface area contributed by atoms with Gasteiger partial charge in [-0.3, -0.25) is 4.90 Å². The molecule has 1 atom stereocenters. The highest BCUT2D eigenvalue weighted by Crippen LogP contribution is 2.19. The lowest BCUT2D eigenvalue weighted by atomic mass is 9.98. The van der Waals surface area contributed by atoms with Crippen molar-refractivity contribution in [2.45, 2.75) is 31.3 Å². The van der Waals surface area contributed by atoms with Crippen molar-refractivity contribution in [3.05, 3.63) is 71.8 Å². The number of nitrogens with zero attached hydrogens (tertiary/aromatic N) is 1. The summed E-state index contributed by atoms with van der Waals surface area (Å²) in [6.45, 7) is 2.16. The fourth-order valence-corrected chi connectivity index (χ4v) is 3.25. The molecule has 0 bridgehead atoms. The normalized spacial score (nSPS) is 19.2. The second-order valence-electron chi connectivity index (χ2n) is 6.08. The van der Waals surface area contributed by atoms with Gasteiger partial charge in [-0.25, -0.2) is 0 Å². The van der Waals surface area contributed by atoms with Gasteiger partial charge in [0.05, 0.1) is 0 Å². The van der Waals surface area contributed by atoms with Crippen LogP contribution in [-0.2, 0) is 12.8 Å². The Morgan fingerprint density at radius 1 is 0.905 bits per heavy atom. The summed E-state index contributed by atoms with van der Waals surface area (Å²) < 4.78 is 0. The maximum absolute atomic E-state index is 6.11. The molecule has 0 spiro atoms. The zero-order valence-electron chi connectivity index (χ0n) is 12.5. The first-order valence-electron chi connectivity index (χ1n) is 7.89. The predicted octanol–water partition coefficient (Wildman–Crippen LogP) is 2.87. The van der Waals surface area contributed by atoms with Gasteiger partial charge in [0.2, 0.25) is 0 Å². The van der Waals surface area contributed by atoms with Crippen LogP contribution in [0.2, 0.25) is 0 Å². The third kappa shape index (κ3) is 3.93. The van der Waals surface area contributed by atoms with E-state index >= 15 is 0 Å². The Morgan fingerprint density at radius 3 is 1.86 bits per heavy atom. The van der Waals surface area contributed by atoms with Crippen molar-refractivity contribution in [3.63, 3.8) is 0 Å². The summed E-state index contributed by atoms with van der Waals surface area (Å²) in [6, 6.07) is 22.5. The Morgan fingerprint density at radius 2 is 1.43 bits per heavy atom. The van der Waals surface area contributed by atoms with E-state index in [2.05, 4.69) is 65.6 Å². The van der Waals surface area contributed by atoms with Crippen LogP contribution in [0.5, 0.6) is 0 Å². The van der Waals surface area contributed by atoms with Crippen molar-refractivity contribution >= 4 is 0 Å². The molecule has 2 aromatic carbocycles. The smallest absolute Gasteiger partial charge is 0.0180 e. The Labute approximate surface area is 127 Å². The highest BCUT2D eigenvalue weighted by Gasteiger charge is 2.26. The first-order chi connectivity index (χ1) is 10.3. The highest BCUT2D eigenvalue weighted by atomic mass is 15.2. The standard InChI is InChI=1S/C19H24N2/c20-18-11-12-21(15-18)19(13-16-7-3-1-4-8-16)14-17-9-5-2-6-10-17/h1-10,18-19H,11-15,20H2/t18-/m0/s1. The number of benzene rings is 2. The number of nitrogens with two attached hydrogens (primary N) is 1. The van der Waals surface area contributed by atoms with Crippen LogP contribution >= 0.6 is 0 Å². The van der Waals surface area contributed by atoms with Gasteiger partial charge in [-0.15, -0.1) is 0 Å². The Bertz CT molecular complexity index is 497. The zero-order chi connectivity index (χ0) is 14.5. The average Bonchev–Trinajstić information content (AvgIpc) is 2.95. The van der Waals surface area contributed by atoms with Crippen LogP contribution in [-0.4, -0.2) is 30.1 Å². The largest absolute Gasteiger partial charge is 0.326 e. The van der Waals surface area contributed by atoms with E-state index < -0.39 is 0 Å². The van der Waals surface area contributed by atoms with Crippen LogP contribution in [0, 0.1) is 0 Å². The zero-order valence-corrected chi connectivity index (χ0v) is 12.5. The second-order valence-corrected chi connectivity index (χ2v) is 6.08. The summed E-state index contributed by atoms with van der Waals surface area (Å²) in [5, 5.41) is 0. The number of rotatable bonds is 5. The lowest BCUT2D eigenvalue weighted by Crippen LogP contribution is -2.38. The van der Waals surface area contributed by atoms with Gasteiger partial charge in [-0.05, 0) is 30.4 Å². The van der Waals surface area contributed by atoms with Crippen LogP contribution in [0.25, 0.3) is 0 Å².